The van der Waals surface area contributed by atoms with Crippen molar-refractivity contribution >= 4 is 23.4 Å². The van der Waals surface area contributed by atoms with Crippen LogP contribution in [-0.4, -0.2) is 27.5 Å². The summed E-state index contributed by atoms with van der Waals surface area (Å²) < 4.78 is 0. The predicted molar refractivity (Wildman–Crippen MR) is 102 cm³/mol. The van der Waals surface area contributed by atoms with Crippen LogP contribution in [0.1, 0.15) is 43.9 Å². The standard InChI is InChI=1S/C20H24N2OS/c1-15(2)24-14-17(23)10-11-19-18-8-4-3-7-16(18)13-22-12-6-5-9-20(22)21-19/h3-9,12,15,19H,10-11,13-14H2,1-2H3. The molecule has 0 radical (unpaired) electrons. The number of aliphatic imine (C=N–C) groups is 1. The van der Waals surface area contributed by atoms with Crippen molar-refractivity contribution < 1.29 is 4.79 Å². The SMILES string of the molecule is CC(C)SCC(=O)CCC1N=C2C=CC=CN2Cc2ccccc21. The number of fused-ring (bicyclic) bond motifs is 2. The smallest absolute Gasteiger partial charge is 0.142 e. The molecule has 0 saturated heterocycles. The summed E-state index contributed by atoms with van der Waals surface area (Å²) in [6.07, 6.45) is 9.55. The molecule has 0 bridgehead atoms. The van der Waals surface area contributed by atoms with Gasteiger partial charge in [0.2, 0.25) is 0 Å². The Hall–Kier alpha value is -1.81. The first-order chi connectivity index (χ1) is 11.6. The number of carbonyl (C=O) groups is 1. The summed E-state index contributed by atoms with van der Waals surface area (Å²) in [6.45, 7) is 5.09. The first kappa shape index (κ1) is 17.0. The van der Waals surface area contributed by atoms with Crippen molar-refractivity contribution in [2.24, 2.45) is 4.99 Å². The molecule has 3 nitrogen and oxygen atoms in total. The summed E-state index contributed by atoms with van der Waals surface area (Å²) in [7, 11) is 0. The highest BCUT2D eigenvalue weighted by molar-refractivity contribution is 8.00. The maximum Gasteiger partial charge on any atom is 0.142 e. The van der Waals surface area contributed by atoms with E-state index in [0.717, 1.165) is 18.8 Å². The predicted octanol–water partition coefficient (Wildman–Crippen LogP) is 4.52. The van der Waals surface area contributed by atoms with Crippen LogP contribution in [0.15, 0.2) is 53.7 Å². The summed E-state index contributed by atoms with van der Waals surface area (Å²) >= 11 is 1.72. The molecule has 0 amide bonds. The third-order valence-corrected chi connectivity index (χ3v) is 5.39. The number of Topliss-reactive ketones (excluding diaryl/α,β-unsaturated/α-hetero) is 1. The van der Waals surface area contributed by atoms with Gasteiger partial charge in [-0.25, -0.2) is 0 Å². The minimum atomic E-state index is 0.0605. The molecule has 2 heterocycles. The van der Waals surface area contributed by atoms with Gasteiger partial charge in [0.1, 0.15) is 11.6 Å². The summed E-state index contributed by atoms with van der Waals surface area (Å²) in [5.74, 6) is 1.92. The van der Waals surface area contributed by atoms with Crippen LogP contribution in [0.5, 0.6) is 0 Å². The Kier molecular flexibility index (Phi) is 5.56. The number of hydrogen-bond acceptors (Lipinski definition) is 4. The Bertz CT molecular complexity index is 691. The Morgan fingerprint density at radius 1 is 1.33 bits per heavy atom. The molecule has 4 heteroatoms. The van der Waals surface area contributed by atoms with E-state index < -0.39 is 0 Å². The van der Waals surface area contributed by atoms with E-state index in [0.29, 0.717) is 23.2 Å². The van der Waals surface area contributed by atoms with Crippen LogP contribution in [0.3, 0.4) is 0 Å². The van der Waals surface area contributed by atoms with Crippen LogP contribution in [0.25, 0.3) is 0 Å². The second kappa shape index (κ2) is 7.84. The van der Waals surface area contributed by atoms with Gasteiger partial charge < -0.3 is 4.90 Å². The summed E-state index contributed by atoms with van der Waals surface area (Å²) in [5.41, 5.74) is 2.55. The molecule has 1 aromatic carbocycles. The minimum Gasteiger partial charge on any atom is -0.329 e. The molecule has 126 valence electrons. The molecular formula is C20H24N2OS. The maximum atomic E-state index is 12.2. The molecule has 3 rings (SSSR count). The van der Waals surface area contributed by atoms with E-state index in [1.165, 1.54) is 11.1 Å². The molecule has 0 fully saturated rings. The number of ketones is 1. The molecule has 0 N–H and O–H groups in total. The van der Waals surface area contributed by atoms with Crippen molar-refractivity contribution in [1.82, 2.24) is 4.90 Å². The molecule has 0 spiro atoms. The van der Waals surface area contributed by atoms with Gasteiger partial charge >= 0.3 is 0 Å². The lowest BCUT2D eigenvalue weighted by Gasteiger charge is -2.20. The number of rotatable bonds is 6. The minimum absolute atomic E-state index is 0.0605. The van der Waals surface area contributed by atoms with Gasteiger partial charge in [0.05, 0.1) is 11.8 Å². The molecule has 1 atom stereocenters. The van der Waals surface area contributed by atoms with E-state index in [1.54, 1.807) is 11.8 Å². The fourth-order valence-electron chi connectivity index (χ4n) is 2.98. The van der Waals surface area contributed by atoms with Gasteiger partial charge in [0.25, 0.3) is 0 Å². The Balaban J connectivity index is 1.76. The molecule has 1 unspecified atom stereocenters. The molecule has 0 aromatic heterocycles. The van der Waals surface area contributed by atoms with Crippen molar-refractivity contribution in [1.29, 1.82) is 0 Å². The second-order valence-corrected chi connectivity index (χ2v) is 8.03. The lowest BCUT2D eigenvalue weighted by Crippen LogP contribution is -2.24. The molecular weight excluding hydrogens is 316 g/mol. The van der Waals surface area contributed by atoms with E-state index in [4.69, 9.17) is 4.99 Å². The highest BCUT2D eigenvalue weighted by Gasteiger charge is 2.23. The van der Waals surface area contributed by atoms with Crippen LogP contribution in [0.4, 0.5) is 0 Å². The van der Waals surface area contributed by atoms with Gasteiger partial charge in [0, 0.05) is 19.2 Å². The normalized spacial score (nSPS) is 18.9. The summed E-state index contributed by atoms with van der Waals surface area (Å²) in [5, 5.41) is 0.500. The highest BCUT2D eigenvalue weighted by atomic mass is 32.2. The third-order valence-electron chi connectivity index (χ3n) is 4.23. The lowest BCUT2D eigenvalue weighted by atomic mass is 9.96. The first-order valence-corrected chi connectivity index (χ1v) is 9.59. The van der Waals surface area contributed by atoms with Crippen molar-refractivity contribution in [3.05, 3.63) is 59.8 Å². The van der Waals surface area contributed by atoms with Gasteiger partial charge in [-0.1, -0.05) is 44.2 Å². The quantitative estimate of drug-likeness (QED) is 0.763. The van der Waals surface area contributed by atoms with E-state index in [2.05, 4.69) is 55.3 Å². The number of carbonyl (C=O) groups excluding carboxylic acids is 1. The van der Waals surface area contributed by atoms with Crippen molar-refractivity contribution in [2.45, 2.75) is 44.5 Å². The molecule has 0 aliphatic carbocycles. The van der Waals surface area contributed by atoms with Crippen LogP contribution < -0.4 is 0 Å². The Labute approximate surface area is 148 Å². The number of allylic oxidation sites excluding steroid dienone is 2. The zero-order valence-electron chi connectivity index (χ0n) is 14.3. The van der Waals surface area contributed by atoms with Crippen LogP contribution >= 0.6 is 11.8 Å². The van der Waals surface area contributed by atoms with Crippen molar-refractivity contribution in [3.8, 4) is 0 Å². The highest BCUT2D eigenvalue weighted by Crippen LogP contribution is 2.31. The summed E-state index contributed by atoms with van der Waals surface area (Å²) in [4.78, 5) is 19.3. The summed E-state index contributed by atoms with van der Waals surface area (Å²) in [6, 6.07) is 8.53. The number of benzene rings is 1. The number of thioether (sulfide) groups is 1. The zero-order valence-corrected chi connectivity index (χ0v) is 15.1. The van der Waals surface area contributed by atoms with E-state index in [1.807, 2.05) is 12.2 Å². The average molecular weight is 340 g/mol. The number of hydrogen-bond donors (Lipinski definition) is 0. The Morgan fingerprint density at radius 2 is 2.17 bits per heavy atom. The molecule has 24 heavy (non-hydrogen) atoms. The Morgan fingerprint density at radius 3 is 3.00 bits per heavy atom. The van der Waals surface area contributed by atoms with Gasteiger partial charge in [-0.05, 0) is 34.9 Å². The monoisotopic (exact) mass is 340 g/mol. The van der Waals surface area contributed by atoms with Crippen LogP contribution in [0, 0.1) is 0 Å². The van der Waals surface area contributed by atoms with Crippen LogP contribution in [0.2, 0.25) is 0 Å². The number of amidine groups is 1. The molecule has 2 aliphatic heterocycles. The average Bonchev–Trinajstić information content (AvgIpc) is 2.74. The zero-order chi connectivity index (χ0) is 16.9. The van der Waals surface area contributed by atoms with E-state index >= 15 is 0 Å². The lowest BCUT2D eigenvalue weighted by molar-refractivity contribution is -0.116. The van der Waals surface area contributed by atoms with Gasteiger partial charge in [0.15, 0.2) is 0 Å². The fourth-order valence-corrected chi connectivity index (χ4v) is 3.65. The largest absolute Gasteiger partial charge is 0.329 e. The molecule has 2 aliphatic rings. The van der Waals surface area contributed by atoms with E-state index in [-0.39, 0.29) is 6.04 Å². The van der Waals surface area contributed by atoms with Crippen molar-refractivity contribution in [3.63, 3.8) is 0 Å². The topological polar surface area (TPSA) is 32.7 Å². The molecule has 1 aromatic rings. The van der Waals surface area contributed by atoms with Crippen LogP contribution in [-0.2, 0) is 11.3 Å². The number of nitrogens with zero attached hydrogens (tertiary/aromatic N) is 2. The third kappa shape index (κ3) is 4.18. The first-order valence-electron chi connectivity index (χ1n) is 8.54. The van der Waals surface area contributed by atoms with Gasteiger partial charge in [-0.15, -0.1) is 0 Å². The van der Waals surface area contributed by atoms with Gasteiger partial charge in [-0.3, -0.25) is 9.79 Å². The van der Waals surface area contributed by atoms with E-state index in [9.17, 15) is 4.79 Å². The maximum absolute atomic E-state index is 12.2. The van der Waals surface area contributed by atoms with Crippen molar-refractivity contribution in [2.75, 3.05) is 5.75 Å². The second-order valence-electron chi connectivity index (χ2n) is 6.47. The van der Waals surface area contributed by atoms with Gasteiger partial charge in [-0.2, -0.15) is 11.8 Å². The fraction of sp³-hybridized carbons (Fsp3) is 0.400. The molecule has 0 saturated carbocycles.